The zero-order valence-corrected chi connectivity index (χ0v) is 14.6. The minimum Gasteiger partial charge on any atom is -0.454 e. The lowest BCUT2D eigenvalue weighted by molar-refractivity contribution is -0.151. The molecule has 1 aliphatic rings. The van der Waals surface area contributed by atoms with Crippen molar-refractivity contribution in [2.45, 2.75) is 37.4 Å². The number of carbonyl (C=O) groups is 2. The SMILES string of the molecule is CC(C)c1ccc(C(Br)C(=O)OCC(=O)N2CCCC2)cc1. The number of benzene rings is 1. The van der Waals surface area contributed by atoms with Crippen molar-refractivity contribution in [2.24, 2.45) is 0 Å². The molecule has 1 aliphatic heterocycles. The number of hydrogen-bond donors (Lipinski definition) is 0. The molecule has 1 heterocycles. The average Bonchev–Trinajstić information content (AvgIpc) is 3.06. The average molecular weight is 368 g/mol. The molecule has 2 rings (SSSR count). The van der Waals surface area contributed by atoms with Gasteiger partial charge in [-0.1, -0.05) is 54.0 Å². The van der Waals surface area contributed by atoms with Gasteiger partial charge < -0.3 is 9.64 Å². The molecule has 0 saturated carbocycles. The van der Waals surface area contributed by atoms with E-state index in [0.717, 1.165) is 31.5 Å². The summed E-state index contributed by atoms with van der Waals surface area (Å²) in [7, 11) is 0. The van der Waals surface area contributed by atoms with Crippen LogP contribution in [-0.4, -0.2) is 36.5 Å². The van der Waals surface area contributed by atoms with Crippen LogP contribution in [0.15, 0.2) is 24.3 Å². The summed E-state index contributed by atoms with van der Waals surface area (Å²) in [6.07, 6.45) is 2.06. The third kappa shape index (κ3) is 4.32. The summed E-state index contributed by atoms with van der Waals surface area (Å²) >= 11 is 3.35. The Kier molecular flexibility index (Phi) is 6.00. The number of amides is 1. The molecule has 1 fully saturated rings. The maximum absolute atomic E-state index is 12.0. The third-order valence-corrected chi connectivity index (χ3v) is 4.80. The van der Waals surface area contributed by atoms with Gasteiger partial charge in [0.1, 0.15) is 4.83 Å². The van der Waals surface area contributed by atoms with Gasteiger partial charge in [0.25, 0.3) is 5.91 Å². The van der Waals surface area contributed by atoms with E-state index in [0.29, 0.717) is 5.92 Å². The van der Waals surface area contributed by atoms with Crippen molar-refractivity contribution in [3.8, 4) is 0 Å². The fourth-order valence-electron chi connectivity index (χ4n) is 2.45. The molecule has 1 aromatic carbocycles. The lowest BCUT2D eigenvalue weighted by Crippen LogP contribution is -2.32. The molecule has 5 heteroatoms. The number of rotatable bonds is 5. The predicted molar refractivity (Wildman–Crippen MR) is 89.0 cm³/mol. The maximum Gasteiger partial charge on any atom is 0.324 e. The van der Waals surface area contributed by atoms with Crippen LogP contribution in [0.2, 0.25) is 0 Å². The van der Waals surface area contributed by atoms with Crippen molar-refractivity contribution in [1.29, 1.82) is 0 Å². The Balaban J connectivity index is 1.87. The molecule has 0 bridgehead atoms. The molecule has 0 aromatic heterocycles. The highest BCUT2D eigenvalue weighted by molar-refractivity contribution is 9.09. The van der Waals surface area contributed by atoms with Gasteiger partial charge in [0.2, 0.25) is 0 Å². The Bertz CT molecular complexity index is 521. The van der Waals surface area contributed by atoms with E-state index in [4.69, 9.17) is 4.74 Å². The highest BCUT2D eigenvalue weighted by Crippen LogP contribution is 2.26. The molecule has 1 aromatic rings. The highest BCUT2D eigenvalue weighted by Gasteiger charge is 2.23. The summed E-state index contributed by atoms with van der Waals surface area (Å²) in [4.78, 5) is 25.1. The van der Waals surface area contributed by atoms with Crippen LogP contribution in [0.1, 0.15) is 48.6 Å². The van der Waals surface area contributed by atoms with E-state index in [9.17, 15) is 9.59 Å². The maximum atomic E-state index is 12.0. The van der Waals surface area contributed by atoms with Crippen LogP contribution in [0.4, 0.5) is 0 Å². The molecule has 4 nitrogen and oxygen atoms in total. The first kappa shape index (κ1) is 17.0. The van der Waals surface area contributed by atoms with Gasteiger partial charge in [-0.05, 0) is 29.9 Å². The summed E-state index contributed by atoms with van der Waals surface area (Å²) in [5.74, 6) is -0.0848. The quantitative estimate of drug-likeness (QED) is 0.591. The molecule has 1 saturated heterocycles. The van der Waals surface area contributed by atoms with E-state index in [1.165, 1.54) is 5.56 Å². The lowest BCUT2D eigenvalue weighted by Gasteiger charge is -2.16. The fraction of sp³-hybridized carbons (Fsp3) is 0.529. The minimum atomic E-state index is -0.542. The van der Waals surface area contributed by atoms with Crippen molar-refractivity contribution in [2.75, 3.05) is 19.7 Å². The number of nitrogens with zero attached hydrogens (tertiary/aromatic N) is 1. The second kappa shape index (κ2) is 7.77. The van der Waals surface area contributed by atoms with Gasteiger partial charge in [-0.25, -0.2) is 0 Å². The number of alkyl halides is 1. The Morgan fingerprint density at radius 1 is 1.14 bits per heavy atom. The topological polar surface area (TPSA) is 46.6 Å². The predicted octanol–water partition coefficient (Wildman–Crippen LogP) is 3.41. The zero-order valence-electron chi connectivity index (χ0n) is 13.0. The second-order valence-corrected chi connectivity index (χ2v) is 6.80. The summed E-state index contributed by atoms with van der Waals surface area (Å²) in [5.41, 5.74) is 2.06. The van der Waals surface area contributed by atoms with E-state index in [2.05, 4.69) is 29.8 Å². The Labute approximate surface area is 140 Å². The van der Waals surface area contributed by atoms with Crippen LogP contribution < -0.4 is 0 Å². The van der Waals surface area contributed by atoms with Crippen LogP contribution in [0.5, 0.6) is 0 Å². The molecule has 0 N–H and O–H groups in total. The summed E-state index contributed by atoms with van der Waals surface area (Å²) < 4.78 is 5.13. The van der Waals surface area contributed by atoms with E-state index in [1.807, 2.05) is 24.3 Å². The lowest BCUT2D eigenvalue weighted by atomic mass is 10.0. The number of halogens is 1. The van der Waals surface area contributed by atoms with Crippen LogP contribution in [0.3, 0.4) is 0 Å². The van der Waals surface area contributed by atoms with Gasteiger partial charge in [0, 0.05) is 13.1 Å². The van der Waals surface area contributed by atoms with Crippen molar-refractivity contribution < 1.29 is 14.3 Å². The van der Waals surface area contributed by atoms with Gasteiger partial charge in [0.15, 0.2) is 6.61 Å². The smallest absolute Gasteiger partial charge is 0.324 e. The van der Waals surface area contributed by atoms with Gasteiger partial charge >= 0.3 is 5.97 Å². The Hall–Kier alpha value is -1.36. The molecule has 1 unspecified atom stereocenters. The van der Waals surface area contributed by atoms with E-state index >= 15 is 0 Å². The summed E-state index contributed by atoms with van der Waals surface area (Å²) in [6, 6.07) is 7.85. The van der Waals surface area contributed by atoms with Crippen molar-refractivity contribution >= 4 is 27.8 Å². The number of carbonyl (C=O) groups excluding carboxylic acids is 2. The molecule has 0 aliphatic carbocycles. The first-order valence-electron chi connectivity index (χ1n) is 7.67. The molecule has 1 amide bonds. The normalized spacial score (nSPS) is 15.9. The fourth-order valence-corrected chi connectivity index (χ4v) is 2.89. The number of ether oxygens (including phenoxy) is 1. The van der Waals surface area contributed by atoms with Crippen molar-refractivity contribution in [1.82, 2.24) is 4.90 Å². The van der Waals surface area contributed by atoms with Crippen LogP contribution in [0, 0.1) is 0 Å². The number of esters is 1. The minimum absolute atomic E-state index is 0.110. The number of likely N-dealkylation sites (tertiary alicyclic amines) is 1. The second-order valence-electron chi connectivity index (χ2n) is 5.88. The Morgan fingerprint density at radius 3 is 2.23 bits per heavy atom. The third-order valence-electron chi connectivity index (χ3n) is 3.90. The highest BCUT2D eigenvalue weighted by atomic mass is 79.9. The Morgan fingerprint density at radius 2 is 1.68 bits per heavy atom. The molecular formula is C17H22BrNO3. The van der Waals surface area contributed by atoms with E-state index in [1.54, 1.807) is 4.90 Å². The van der Waals surface area contributed by atoms with Crippen LogP contribution in [-0.2, 0) is 14.3 Å². The largest absolute Gasteiger partial charge is 0.454 e. The molecule has 22 heavy (non-hydrogen) atoms. The molecular weight excluding hydrogens is 346 g/mol. The van der Waals surface area contributed by atoms with E-state index in [-0.39, 0.29) is 12.5 Å². The van der Waals surface area contributed by atoms with Gasteiger partial charge in [-0.15, -0.1) is 0 Å². The first-order valence-corrected chi connectivity index (χ1v) is 8.59. The van der Waals surface area contributed by atoms with Crippen LogP contribution in [0.25, 0.3) is 0 Å². The van der Waals surface area contributed by atoms with Gasteiger partial charge in [-0.3, -0.25) is 9.59 Å². The van der Waals surface area contributed by atoms with Gasteiger partial charge in [0.05, 0.1) is 0 Å². The summed E-state index contributed by atoms with van der Waals surface area (Å²) in [5, 5.41) is 0. The van der Waals surface area contributed by atoms with Crippen molar-refractivity contribution in [3.63, 3.8) is 0 Å². The number of hydrogen-bond acceptors (Lipinski definition) is 3. The summed E-state index contributed by atoms with van der Waals surface area (Å²) in [6.45, 7) is 5.61. The molecule has 0 spiro atoms. The standard InChI is InChI=1S/C17H22BrNO3/c1-12(2)13-5-7-14(8-6-13)16(18)17(21)22-11-15(20)19-9-3-4-10-19/h5-8,12,16H,3-4,9-11H2,1-2H3. The van der Waals surface area contributed by atoms with Crippen molar-refractivity contribution in [3.05, 3.63) is 35.4 Å². The first-order chi connectivity index (χ1) is 10.5. The molecule has 120 valence electrons. The zero-order chi connectivity index (χ0) is 16.1. The van der Waals surface area contributed by atoms with Gasteiger partial charge in [-0.2, -0.15) is 0 Å². The molecule has 0 radical (unpaired) electrons. The van der Waals surface area contributed by atoms with E-state index < -0.39 is 10.8 Å². The van der Waals surface area contributed by atoms with Crippen LogP contribution >= 0.6 is 15.9 Å². The molecule has 1 atom stereocenters. The monoisotopic (exact) mass is 367 g/mol.